The molecule has 0 amide bonds. The summed E-state index contributed by atoms with van der Waals surface area (Å²) in [6.45, 7) is 2.85. The van der Waals surface area contributed by atoms with Crippen molar-refractivity contribution in [3.63, 3.8) is 0 Å². The molecule has 0 aromatic heterocycles. The molecule has 2 heteroatoms. The van der Waals surface area contributed by atoms with E-state index in [0.717, 1.165) is 5.92 Å². The van der Waals surface area contributed by atoms with E-state index in [1.54, 1.807) is 0 Å². The highest BCUT2D eigenvalue weighted by Crippen LogP contribution is 2.29. The van der Waals surface area contributed by atoms with E-state index in [1.807, 2.05) is 0 Å². The number of aliphatic hydroxyl groups excluding tert-OH is 1. The van der Waals surface area contributed by atoms with E-state index < -0.39 is 0 Å². The van der Waals surface area contributed by atoms with E-state index in [1.165, 1.54) is 51.6 Å². The fraction of sp³-hybridized carbons (Fsp3) is 1.00. The molecule has 2 fully saturated rings. The van der Waals surface area contributed by atoms with Crippen molar-refractivity contribution in [1.29, 1.82) is 0 Å². The molecule has 1 heterocycles. The molecule has 76 valence electrons. The molecule has 2 rings (SSSR count). The van der Waals surface area contributed by atoms with Gasteiger partial charge < -0.3 is 5.11 Å². The Morgan fingerprint density at radius 3 is 2.54 bits per heavy atom. The predicted octanol–water partition coefficient (Wildman–Crippen LogP) is 1.63. The number of rotatable bonds is 3. The first-order valence-corrected chi connectivity index (χ1v) is 5.75. The van der Waals surface area contributed by atoms with E-state index in [9.17, 15) is 5.11 Å². The molecule has 1 N–H and O–H groups in total. The summed E-state index contributed by atoms with van der Waals surface area (Å²) in [6, 6.07) is 0.481. The van der Waals surface area contributed by atoms with Gasteiger partial charge in [-0.1, -0.05) is 12.8 Å². The lowest BCUT2D eigenvalue weighted by atomic mass is 9.84. The lowest BCUT2D eigenvalue weighted by Gasteiger charge is -2.39. The number of piperidine rings is 1. The van der Waals surface area contributed by atoms with Gasteiger partial charge >= 0.3 is 0 Å². The number of likely N-dealkylation sites (tertiary alicyclic amines) is 1. The largest absolute Gasteiger partial charge is 0.395 e. The Morgan fingerprint density at radius 2 is 1.92 bits per heavy atom. The van der Waals surface area contributed by atoms with Crippen molar-refractivity contribution in [3.05, 3.63) is 0 Å². The van der Waals surface area contributed by atoms with Crippen LogP contribution >= 0.6 is 0 Å². The summed E-state index contributed by atoms with van der Waals surface area (Å²) >= 11 is 0. The summed E-state index contributed by atoms with van der Waals surface area (Å²) in [5.74, 6) is 0.951. The molecule has 1 aliphatic carbocycles. The lowest BCUT2D eigenvalue weighted by Crippen LogP contribution is -2.45. The van der Waals surface area contributed by atoms with Crippen LogP contribution in [0.25, 0.3) is 0 Å². The standard InChI is InChI=1S/C11H21NO/c13-9-11-6-1-2-7-12(11)8-10-4-3-5-10/h10-11,13H,1-9H2/t11-/m1/s1. The SMILES string of the molecule is OC[C@H]1CCCCN1CC1CCC1. The molecule has 2 aliphatic rings. The molecule has 1 aliphatic heterocycles. The average molecular weight is 183 g/mol. The van der Waals surface area contributed by atoms with E-state index in [4.69, 9.17) is 0 Å². The normalized spacial score (nSPS) is 31.6. The Bertz CT molecular complexity index is 156. The molecular formula is C11H21NO. The smallest absolute Gasteiger partial charge is 0.0586 e. The van der Waals surface area contributed by atoms with Crippen LogP contribution in [-0.2, 0) is 0 Å². The fourth-order valence-electron chi connectivity index (χ4n) is 2.51. The quantitative estimate of drug-likeness (QED) is 0.719. The highest BCUT2D eigenvalue weighted by atomic mass is 16.3. The fourth-order valence-corrected chi connectivity index (χ4v) is 2.51. The third kappa shape index (κ3) is 2.23. The maximum atomic E-state index is 9.22. The summed E-state index contributed by atoms with van der Waals surface area (Å²) < 4.78 is 0. The van der Waals surface area contributed by atoms with Gasteiger partial charge in [-0.05, 0) is 38.1 Å². The molecule has 1 atom stereocenters. The molecule has 0 unspecified atom stereocenters. The maximum Gasteiger partial charge on any atom is 0.0586 e. The molecule has 1 saturated heterocycles. The Morgan fingerprint density at radius 1 is 1.08 bits per heavy atom. The molecule has 0 aromatic rings. The summed E-state index contributed by atoms with van der Waals surface area (Å²) in [5.41, 5.74) is 0. The van der Waals surface area contributed by atoms with Crippen molar-refractivity contribution < 1.29 is 5.11 Å². The summed E-state index contributed by atoms with van der Waals surface area (Å²) in [6.07, 6.45) is 8.14. The first-order valence-electron chi connectivity index (χ1n) is 5.75. The van der Waals surface area contributed by atoms with Gasteiger partial charge in [0.25, 0.3) is 0 Å². The second-order valence-corrected chi connectivity index (χ2v) is 4.62. The van der Waals surface area contributed by atoms with Crippen LogP contribution in [0.2, 0.25) is 0 Å². The zero-order valence-electron chi connectivity index (χ0n) is 8.41. The minimum absolute atomic E-state index is 0.368. The average Bonchev–Trinajstić information content (AvgIpc) is 2.12. The predicted molar refractivity (Wildman–Crippen MR) is 53.6 cm³/mol. The number of nitrogens with zero attached hydrogens (tertiary/aromatic N) is 1. The lowest BCUT2D eigenvalue weighted by molar-refractivity contribution is 0.0621. The van der Waals surface area contributed by atoms with Crippen LogP contribution in [0.4, 0.5) is 0 Å². The van der Waals surface area contributed by atoms with Crippen LogP contribution in [-0.4, -0.2) is 35.7 Å². The number of hydrogen-bond acceptors (Lipinski definition) is 2. The van der Waals surface area contributed by atoms with Crippen LogP contribution in [0.5, 0.6) is 0 Å². The van der Waals surface area contributed by atoms with Gasteiger partial charge in [-0.3, -0.25) is 4.90 Å². The Hall–Kier alpha value is -0.0800. The van der Waals surface area contributed by atoms with Crippen molar-refractivity contribution in [3.8, 4) is 0 Å². The Labute approximate surface area is 80.9 Å². The molecule has 1 saturated carbocycles. The minimum atomic E-state index is 0.368. The first kappa shape index (κ1) is 9.47. The van der Waals surface area contributed by atoms with Gasteiger partial charge in [-0.2, -0.15) is 0 Å². The Balaban J connectivity index is 1.79. The monoisotopic (exact) mass is 183 g/mol. The Kier molecular flexibility index (Phi) is 3.23. The highest BCUT2D eigenvalue weighted by molar-refractivity contribution is 4.81. The van der Waals surface area contributed by atoms with Gasteiger partial charge in [-0.15, -0.1) is 0 Å². The van der Waals surface area contributed by atoms with Crippen molar-refractivity contribution in [1.82, 2.24) is 4.90 Å². The minimum Gasteiger partial charge on any atom is -0.395 e. The second-order valence-electron chi connectivity index (χ2n) is 4.62. The molecule has 0 spiro atoms. The van der Waals surface area contributed by atoms with Gasteiger partial charge in [-0.25, -0.2) is 0 Å². The van der Waals surface area contributed by atoms with Gasteiger partial charge in [0.1, 0.15) is 0 Å². The summed E-state index contributed by atoms with van der Waals surface area (Å²) in [5, 5.41) is 9.22. The van der Waals surface area contributed by atoms with Crippen LogP contribution in [0, 0.1) is 5.92 Å². The van der Waals surface area contributed by atoms with Gasteiger partial charge in [0.15, 0.2) is 0 Å². The third-order valence-corrected chi connectivity index (χ3v) is 3.68. The maximum absolute atomic E-state index is 9.22. The zero-order valence-corrected chi connectivity index (χ0v) is 8.41. The van der Waals surface area contributed by atoms with E-state index >= 15 is 0 Å². The molecular weight excluding hydrogens is 162 g/mol. The third-order valence-electron chi connectivity index (χ3n) is 3.68. The van der Waals surface area contributed by atoms with E-state index in [-0.39, 0.29) is 0 Å². The van der Waals surface area contributed by atoms with Gasteiger partial charge in [0, 0.05) is 12.6 Å². The number of hydrogen-bond donors (Lipinski definition) is 1. The zero-order chi connectivity index (χ0) is 9.10. The van der Waals surface area contributed by atoms with Crippen molar-refractivity contribution in [2.75, 3.05) is 19.7 Å². The van der Waals surface area contributed by atoms with Gasteiger partial charge in [0.05, 0.1) is 6.61 Å². The summed E-state index contributed by atoms with van der Waals surface area (Å²) in [7, 11) is 0. The van der Waals surface area contributed by atoms with Crippen molar-refractivity contribution >= 4 is 0 Å². The molecule has 0 aromatic carbocycles. The molecule has 0 radical (unpaired) electrons. The second kappa shape index (κ2) is 4.43. The van der Waals surface area contributed by atoms with E-state index in [2.05, 4.69) is 4.90 Å². The van der Waals surface area contributed by atoms with Crippen molar-refractivity contribution in [2.45, 2.75) is 44.6 Å². The first-order chi connectivity index (χ1) is 6.40. The van der Waals surface area contributed by atoms with Crippen LogP contribution in [0.1, 0.15) is 38.5 Å². The van der Waals surface area contributed by atoms with Gasteiger partial charge in [0.2, 0.25) is 0 Å². The van der Waals surface area contributed by atoms with E-state index in [0.29, 0.717) is 12.6 Å². The number of aliphatic hydroxyl groups is 1. The molecule has 2 nitrogen and oxygen atoms in total. The van der Waals surface area contributed by atoms with Crippen LogP contribution < -0.4 is 0 Å². The van der Waals surface area contributed by atoms with Crippen molar-refractivity contribution in [2.24, 2.45) is 5.92 Å². The summed E-state index contributed by atoms with van der Waals surface area (Å²) in [4.78, 5) is 2.52. The highest BCUT2D eigenvalue weighted by Gasteiger charge is 2.26. The van der Waals surface area contributed by atoms with Crippen LogP contribution in [0.3, 0.4) is 0 Å². The topological polar surface area (TPSA) is 23.5 Å². The molecule has 13 heavy (non-hydrogen) atoms. The van der Waals surface area contributed by atoms with Crippen LogP contribution in [0.15, 0.2) is 0 Å². The molecule has 0 bridgehead atoms.